The van der Waals surface area contributed by atoms with Crippen LogP contribution in [0.25, 0.3) is 0 Å². The van der Waals surface area contributed by atoms with Gasteiger partial charge in [-0.15, -0.1) is 6.42 Å². The molecule has 130 valence electrons. The van der Waals surface area contributed by atoms with Crippen LogP contribution in [0.2, 0.25) is 0 Å². The highest BCUT2D eigenvalue weighted by atomic mass is 32.2. The van der Waals surface area contributed by atoms with E-state index in [1.807, 2.05) is 13.8 Å². The number of nitrogens with one attached hydrogen (secondary N) is 2. The zero-order valence-corrected chi connectivity index (χ0v) is 14.4. The molecule has 0 spiro atoms. The third-order valence-electron chi connectivity index (χ3n) is 2.81. The van der Waals surface area contributed by atoms with Crippen LogP contribution >= 0.6 is 0 Å². The molecular weight excluding hydrogens is 332 g/mol. The van der Waals surface area contributed by atoms with Gasteiger partial charge in [0.2, 0.25) is 10.0 Å². The Labute approximate surface area is 141 Å². The minimum atomic E-state index is -3.71. The molecule has 0 atom stereocenters. The topological polar surface area (TPSA) is 102 Å². The summed E-state index contributed by atoms with van der Waals surface area (Å²) in [5, 5.41) is 2.62. The van der Waals surface area contributed by atoms with E-state index in [2.05, 4.69) is 16.0 Å². The van der Waals surface area contributed by atoms with Crippen molar-refractivity contribution in [1.29, 1.82) is 0 Å². The molecule has 1 rings (SSSR count). The Morgan fingerprint density at radius 3 is 2.42 bits per heavy atom. The molecule has 0 bridgehead atoms. The lowest BCUT2D eigenvalue weighted by atomic mass is 10.2. The number of amides is 1. The summed E-state index contributed by atoms with van der Waals surface area (Å²) in [4.78, 5) is 23.3. The van der Waals surface area contributed by atoms with Crippen molar-refractivity contribution in [3.63, 3.8) is 0 Å². The molecule has 0 aliphatic heterocycles. The minimum absolute atomic E-state index is 0.0241. The minimum Gasteiger partial charge on any atom is -0.452 e. The fourth-order valence-corrected chi connectivity index (χ4v) is 2.51. The van der Waals surface area contributed by atoms with Gasteiger partial charge in [-0.2, -0.15) is 4.72 Å². The van der Waals surface area contributed by atoms with Crippen LogP contribution in [0.1, 0.15) is 24.2 Å². The predicted octanol–water partition coefficient (Wildman–Crippen LogP) is 0.527. The molecule has 0 fully saturated rings. The standard InChI is InChI=1S/C16H20N2O5S/c1-4-9-18-24(21,22)14-7-5-13(6-8-14)16(20)23-11-15(19)17-10-12(2)3/h1,5-8,12,18H,9-11H2,2-3H3,(H,17,19). The van der Waals surface area contributed by atoms with Crippen molar-refractivity contribution in [3.8, 4) is 12.3 Å². The molecule has 2 N–H and O–H groups in total. The zero-order chi connectivity index (χ0) is 18.2. The Morgan fingerprint density at radius 1 is 1.25 bits per heavy atom. The smallest absolute Gasteiger partial charge is 0.338 e. The molecule has 24 heavy (non-hydrogen) atoms. The molecule has 0 unspecified atom stereocenters. The number of ether oxygens (including phenoxy) is 1. The zero-order valence-electron chi connectivity index (χ0n) is 13.5. The van der Waals surface area contributed by atoms with Gasteiger partial charge in [0.1, 0.15) is 0 Å². The Balaban J connectivity index is 2.61. The van der Waals surface area contributed by atoms with Crippen LogP contribution in [0.3, 0.4) is 0 Å². The van der Waals surface area contributed by atoms with Crippen LogP contribution < -0.4 is 10.0 Å². The van der Waals surface area contributed by atoms with Gasteiger partial charge >= 0.3 is 5.97 Å². The number of sulfonamides is 1. The monoisotopic (exact) mass is 352 g/mol. The van der Waals surface area contributed by atoms with E-state index in [0.717, 1.165) is 0 Å². The van der Waals surface area contributed by atoms with Gasteiger partial charge in [-0.25, -0.2) is 13.2 Å². The maximum atomic E-state index is 11.8. The third-order valence-corrected chi connectivity index (χ3v) is 4.22. The molecule has 7 nitrogen and oxygen atoms in total. The SMILES string of the molecule is C#CCNS(=O)(=O)c1ccc(C(=O)OCC(=O)NCC(C)C)cc1. The summed E-state index contributed by atoms with van der Waals surface area (Å²) >= 11 is 0. The Bertz CT molecular complexity index is 718. The molecular formula is C16H20N2O5S. The second-order valence-electron chi connectivity index (χ2n) is 5.33. The molecule has 1 aromatic carbocycles. The highest BCUT2D eigenvalue weighted by Gasteiger charge is 2.15. The van der Waals surface area contributed by atoms with E-state index in [4.69, 9.17) is 11.2 Å². The van der Waals surface area contributed by atoms with Gasteiger partial charge in [0.25, 0.3) is 5.91 Å². The second-order valence-corrected chi connectivity index (χ2v) is 7.09. The van der Waals surface area contributed by atoms with Crippen molar-refractivity contribution < 1.29 is 22.7 Å². The van der Waals surface area contributed by atoms with Crippen molar-refractivity contribution in [3.05, 3.63) is 29.8 Å². The Hall–Kier alpha value is -2.37. The van der Waals surface area contributed by atoms with Gasteiger partial charge in [-0.05, 0) is 30.2 Å². The number of hydrogen-bond acceptors (Lipinski definition) is 5. The quantitative estimate of drug-likeness (QED) is 0.525. The van der Waals surface area contributed by atoms with E-state index in [9.17, 15) is 18.0 Å². The van der Waals surface area contributed by atoms with Gasteiger partial charge in [-0.3, -0.25) is 4.79 Å². The lowest BCUT2D eigenvalue weighted by Gasteiger charge is -2.09. The normalized spacial score (nSPS) is 10.9. The lowest BCUT2D eigenvalue weighted by Crippen LogP contribution is -2.31. The number of hydrogen-bond donors (Lipinski definition) is 2. The van der Waals surface area contributed by atoms with Gasteiger partial charge in [0, 0.05) is 6.54 Å². The molecule has 0 aromatic heterocycles. The summed E-state index contributed by atoms with van der Waals surface area (Å²) < 4.78 is 30.8. The summed E-state index contributed by atoms with van der Waals surface area (Å²) in [6, 6.07) is 5.13. The van der Waals surface area contributed by atoms with E-state index in [-0.39, 0.29) is 17.0 Å². The summed E-state index contributed by atoms with van der Waals surface area (Å²) in [7, 11) is -3.71. The molecule has 0 aliphatic rings. The van der Waals surface area contributed by atoms with E-state index in [0.29, 0.717) is 12.5 Å². The van der Waals surface area contributed by atoms with Gasteiger partial charge < -0.3 is 10.1 Å². The van der Waals surface area contributed by atoms with Crippen molar-refractivity contribution >= 4 is 21.9 Å². The van der Waals surface area contributed by atoms with Gasteiger partial charge in [0.15, 0.2) is 6.61 Å². The second kappa shape index (κ2) is 9.05. The number of benzene rings is 1. The number of esters is 1. The van der Waals surface area contributed by atoms with Crippen LogP contribution in [0.5, 0.6) is 0 Å². The van der Waals surface area contributed by atoms with Crippen molar-refractivity contribution in [1.82, 2.24) is 10.0 Å². The first-order chi connectivity index (χ1) is 11.3. The van der Waals surface area contributed by atoms with Crippen LogP contribution in [-0.2, 0) is 19.6 Å². The predicted molar refractivity (Wildman–Crippen MR) is 88.6 cm³/mol. The number of terminal acetylenes is 1. The first-order valence-electron chi connectivity index (χ1n) is 7.23. The maximum absolute atomic E-state index is 11.8. The molecule has 0 aliphatic carbocycles. The molecule has 0 radical (unpaired) electrons. The van der Waals surface area contributed by atoms with Gasteiger partial charge in [-0.1, -0.05) is 19.8 Å². The third kappa shape index (κ3) is 6.40. The first-order valence-corrected chi connectivity index (χ1v) is 8.71. The summed E-state index contributed by atoms with van der Waals surface area (Å²) in [5.41, 5.74) is 0.141. The Kier molecular flexibility index (Phi) is 7.42. The number of carbonyl (C=O) groups excluding carboxylic acids is 2. The summed E-state index contributed by atoms with van der Waals surface area (Å²) in [6.07, 6.45) is 5.00. The van der Waals surface area contributed by atoms with Crippen LogP contribution in [-0.4, -0.2) is 40.0 Å². The van der Waals surface area contributed by atoms with Crippen LogP contribution in [0, 0.1) is 18.3 Å². The summed E-state index contributed by atoms with van der Waals surface area (Å²) in [5.74, 6) is 1.35. The first kappa shape index (κ1) is 19.7. The van der Waals surface area contributed by atoms with E-state index in [1.54, 1.807) is 0 Å². The van der Waals surface area contributed by atoms with Gasteiger partial charge in [0.05, 0.1) is 17.0 Å². The molecule has 0 heterocycles. The lowest BCUT2D eigenvalue weighted by molar-refractivity contribution is -0.124. The molecule has 0 saturated heterocycles. The number of rotatable bonds is 8. The van der Waals surface area contributed by atoms with Crippen molar-refractivity contribution in [2.45, 2.75) is 18.7 Å². The maximum Gasteiger partial charge on any atom is 0.338 e. The van der Waals surface area contributed by atoms with Crippen LogP contribution in [0.15, 0.2) is 29.2 Å². The highest BCUT2D eigenvalue weighted by molar-refractivity contribution is 7.89. The van der Waals surface area contributed by atoms with E-state index >= 15 is 0 Å². The largest absolute Gasteiger partial charge is 0.452 e. The molecule has 0 saturated carbocycles. The molecule has 1 amide bonds. The van der Waals surface area contributed by atoms with Crippen molar-refractivity contribution in [2.75, 3.05) is 19.7 Å². The fourth-order valence-electron chi connectivity index (χ4n) is 1.57. The number of carbonyl (C=O) groups is 2. The van der Waals surface area contributed by atoms with Crippen molar-refractivity contribution in [2.24, 2.45) is 5.92 Å². The van der Waals surface area contributed by atoms with E-state index in [1.165, 1.54) is 24.3 Å². The summed E-state index contributed by atoms with van der Waals surface area (Å²) in [6.45, 7) is 3.86. The molecule has 8 heteroatoms. The highest BCUT2D eigenvalue weighted by Crippen LogP contribution is 2.11. The van der Waals surface area contributed by atoms with Crippen LogP contribution in [0.4, 0.5) is 0 Å². The fraction of sp³-hybridized carbons (Fsp3) is 0.375. The molecule has 1 aromatic rings. The van der Waals surface area contributed by atoms with E-state index < -0.39 is 28.5 Å². The Morgan fingerprint density at radius 2 is 1.88 bits per heavy atom. The average molecular weight is 352 g/mol. The average Bonchev–Trinajstić information content (AvgIpc) is 2.56.